The molecule has 4 nitrogen and oxygen atoms in total. The van der Waals surface area contributed by atoms with Crippen LogP contribution in [-0.4, -0.2) is 20.2 Å². The Morgan fingerprint density at radius 2 is 1.94 bits per heavy atom. The third-order valence-corrected chi connectivity index (χ3v) is 4.28. The quantitative estimate of drug-likeness (QED) is 0.644. The normalized spacial score (nSPS) is 11.5. The highest BCUT2D eigenvalue weighted by molar-refractivity contribution is 7.89. The van der Waals surface area contributed by atoms with Crippen LogP contribution in [0.2, 0.25) is 0 Å². The van der Waals surface area contributed by atoms with Crippen molar-refractivity contribution in [2.45, 2.75) is 31.6 Å². The molecule has 6 heteroatoms. The van der Waals surface area contributed by atoms with Crippen molar-refractivity contribution in [3.05, 3.63) is 29.3 Å². The van der Waals surface area contributed by atoms with Crippen molar-refractivity contribution in [3.63, 3.8) is 0 Å². The first-order valence-corrected chi connectivity index (χ1v) is 7.44. The Labute approximate surface area is 112 Å². The smallest absolute Gasteiger partial charge is 0.240 e. The van der Waals surface area contributed by atoms with Gasteiger partial charge in [-0.05, 0) is 55.1 Å². The molecule has 1 rings (SSSR count). The molecule has 1 aromatic carbocycles. The molecule has 0 bridgehead atoms. The van der Waals surface area contributed by atoms with Crippen molar-refractivity contribution in [2.24, 2.45) is 0 Å². The van der Waals surface area contributed by atoms with Gasteiger partial charge in [-0.3, -0.25) is 4.79 Å². The lowest BCUT2D eigenvalue weighted by molar-refractivity contribution is -0.111. The maximum Gasteiger partial charge on any atom is 0.240 e. The van der Waals surface area contributed by atoms with Gasteiger partial charge in [0.25, 0.3) is 0 Å². The zero-order valence-electron chi connectivity index (χ0n) is 10.4. The fourth-order valence-electron chi connectivity index (χ4n) is 1.40. The zero-order chi connectivity index (χ0) is 13.8. The van der Waals surface area contributed by atoms with Crippen molar-refractivity contribution in [3.8, 4) is 0 Å². The summed E-state index contributed by atoms with van der Waals surface area (Å²) in [5.74, 6) is 0. The fourth-order valence-corrected chi connectivity index (χ4v) is 2.69. The fraction of sp³-hybridized carbons (Fsp3) is 0.417. The average Bonchev–Trinajstić information content (AvgIpc) is 2.28. The van der Waals surface area contributed by atoms with Crippen molar-refractivity contribution in [2.75, 3.05) is 6.54 Å². The summed E-state index contributed by atoms with van der Waals surface area (Å²) in [7, 11) is -3.50. The van der Waals surface area contributed by atoms with Gasteiger partial charge in [0.2, 0.25) is 15.3 Å². The molecule has 0 heterocycles. The molecule has 0 aliphatic carbocycles. The van der Waals surface area contributed by atoms with Gasteiger partial charge in [-0.15, -0.1) is 0 Å². The summed E-state index contributed by atoms with van der Waals surface area (Å²) in [4.78, 5) is 10.7. The van der Waals surface area contributed by atoms with Crippen LogP contribution < -0.4 is 4.72 Å². The van der Waals surface area contributed by atoms with Gasteiger partial charge in [0.15, 0.2) is 0 Å². The van der Waals surface area contributed by atoms with Crippen LogP contribution in [0.15, 0.2) is 23.1 Å². The second-order valence-electron chi connectivity index (χ2n) is 4.10. The first-order chi connectivity index (χ1) is 8.33. The number of hydrogen-bond donors (Lipinski definition) is 1. The summed E-state index contributed by atoms with van der Waals surface area (Å²) in [6.45, 7) is 3.99. The first-order valence-electron chi connectivity index (χ1n) is 5.58. The predicted molar refractivity (Wildman–Crippen MR) is 71.2 cm³/mol. The van der Waals surface area contributed by atoms with E-state index in [9.17, 15) is 13.2 Å². The van der Waals surface area contributed by atoms with E-state index in [0.29, 0.717) is 6.42 Å². The van der Waals surface area contributed by atoms with Gasteiger partial charge in [0.1, 0.15) is 0 Å². The molecule has 1 N–H and O–H groups in total. The Balaban J connectivity index is 2.68. The summed E-state index contributed by atoms with van der Waals surface area (Å²) in [5, 5.41) is -0.458. The number of benzene rings is 1. The van der Waals surface area contributed by atoms with Gasteiger partial charge in [0.05, 0.1) is 4.90 Å². The van der Waals surface area contributed by atoms with E-state index < -0.39 is 15.3 Å². The average molecular weight is 290 g/mol. The van der Waals surface area contributed by atoms with Crippen molar-refractivity contribution in [1.82, 2.24) is 4.72 Å². The van der Waals surface area contributed by atoms with Crippen LogP contribution >= 0.6 is 11.6 Å². The molecular formula is C12H16ClNO3S. The molecule has 0 aliphatic rings. The topological polar surface area (TPSA) is 63.2 Å². The van der Waals surface area contributed by atoms with Gasteiger partial charge < -0.3 is 0 Å². The Morgan fingerprint density at radius 1 is 1.28 bits per heavy atom. The van der Waals surface area contributed by atoms with Crippen LogP contribution in [-0.2, 0) is 14.8 Å². The van der Waals surface area contributed by atoms with E-state index in [2.05, 4.69) is 4.72 Å². The van der Waals surface area contributed by atoms with Gasteiger partial charge in [-0.25, -0.2) is 13.1 Å². The van der Waals surface area contributed by atoms with Crippen molar-refractivity contribution >= 4 is 26.9 Å². The Kier molecular flexibility index (Phi) is 5.31. The van der Waals surface area contributed by atoms with Crippen LogP contribution in [0.5, 0.6) is 0 Å². The SMILES string of the molecule is Cc1ccc(S(=O)(=O)NCCCC(=O)Cl)cc1C. The highest BCUT2D eigenvalue weighted by atomic mass is 35.5. The molecule has 0 fully saturated rings. The lowest BCUT2D eigenvalue weighted by Gasteiger charge is -2.08. The summed E-state index contributed by atoms with van der Waals surface area (Å²) in [5.41, 5.74) is 1.97. The maximum atomic E-state index is 11.9. The molecule has 0 spiro atoms. The minimum absolute atomic E-state index is 0.164. The molecule has 0 amide bonds. The molecule has 100 valence electrons. The second kappa shape index (κ2) is 6.31. The number of halogens is 1. The molecule has 0 aliphatic heterocycles. The van der Waals surface area contributed by atoms with Crippen LogP contribution in [0.3, 0.4) is 0 Å². The minimum atomic E-state index is -3.50. The molecule has 18 heavy (non-hydrogen) atoms. The maximum absolute atomic E-state index is 11.9. The van der Waals surface area contributed by atoms with Crippen LogP contribution in [0.4, 0.5) is 0 Å². The third kappa shape index (κ3) is 4.40. The number of hydrogen-bond acceptors (Lipinski definition) is 3. The van der Waals surface area contributed by atoms with Crippen LogP contribution in [0, 0.1) is 13.8 Å². The van der Waals surface area contributed by atoms with E-state index in [-0.39, 0.29) is 17.9 Å². The second-order valence-corrected chi connectivity index (χ2v) is 6.29. The summed E-state index contributed by atoms with van der Waals surface area (Å²) in [6.07, 6.45) is 0.559. The standard InChI is InChI=1S/C12H16ClNO3S/c1-9-5-6-11(8-10(9)2)18(16,17)14-7-3-4-12(13)15/h5-6,8,14H,3-4,7H2,1-2H3. The van der Waals surface area contributed by atoms with E-state index in [1.165, 1.54) is 0 Å². The number of sulfonamides is 1. The van der Waals surface area contributed by atoms with Crippen molar-refractivity contribution < 1.29 is 13.2 Å². The summed E-state index contributed by atoms with van der Waals surface area (Å²) < 4.78 is 26.3. The van der Waals surface area contributed by atoms with Gasteiger partial charge >= 0.3 is 0 Å². The number of carbonyl (C=O) groups is 1. The number of aryl methyl sites for hydroxylation is 2. The Bertz CT molecular complexity index is 540. The monoisotopic (exact) mass is 289 g/mol. The molecule has 0 saturated heterocycles. The van der Waals surface area contributed by atoms with E-state index in [1.54, 1.807) is 18.2 Å². The number of carbonyl (C=O) groups excluding carboxylic acids is 1. The number of nitrogens with one attached hydrogen (secondary N) is 1. The molecule has 0 atom stereocenters. The Morgan fingerprint density at radius 3 is 2.50 bits per heavy atom. The van der Waals surface area contributed by atoms with Gasteiger partial charge in [0, 0.05) is 13.0 Å². The third-order valence-electron chi connectivity index (χ3n) is 2.63. The van der Waals surface area contributed by atoms with E-state index in [0.717, 1.165) is 11.1 Å². The van der Waals surface area contributed by atoms with E-state index in [1.807, 2.05) is 13.8 Å². The predicted octanol–water partition coefficient (Wildman–Crippen LogP) is 2.13. The van der Waals surface area contributed by atoms with Crippen LogP contribution in [0.1, 0.15) is 24.0 Å². The van der Waals surface area contributed by atoms with Crippen LogP contribution in [0.25, 0.3) is 0 Å². The minimum Gasteiger partial charge on any atom is -0.281 e. The van der Waals surface area contributed by atoms with E-state index >= 15 is 0 Å². The molecule has 0 saturated carbocycles. The Hall–Kier alpha value is -0.910. The first kappa shape index (κ1) is 15.1. The van der Waals surface area contributed by atoms with Crippen molar-refractivity contribution in [1.29, 1.82) is 0 Å². The highest BCUT2D eigenvalue weighted by Crippen LogP contribution is 2.14. The van der Waals surface area contributed by atoms with E-state index in [4.69, 9.17) is 11.6 Å². The summed E-state index contributed by atoms with van der Waals surface area (Å²) in [6, 6.07) is 4.97. The van der Waals surface area contributed by atoms with Gasteiger partial charge in [-0.2, -0.15) is 0 Å². The van der Waals surface area contributed by atoms with Gasteiger partial charge in [-0.1, -0.05) is 6.07 Å². The molecule has 0 unspecified atom stereocenters. The lowest BCUT2D eigenvalue weighted by atomic mass is 10.1. The highest BCUT2D eigenvalue weighted by Gasteiger charge is 2.13. The summed E-state index contributed by atoms with van der Waals surface area (Å²) >= 11 is 5.17. The largest absolute Gasteiger partial charge is 0.281 e. The number of rotatable bonds is 6. The lowest BCUT2D eigenvalue weighted by Crippen LogP contribution is -2.25. The molecule has 1 aromatic rings. The molecule has 0 aromatic heterocycles. The molecule has 0 radical (unpaired) electrons. The molecular weight excluding hydrogens is 274 g/mol. The zero-order valence-corrected chi connectivity index (χ0v) is 11.9.